The molecule has 1 atom stereocenters. The number of thioether (sulfide) groups is 1. The van der Waals surface area contributed by atoms with Gasteiger partial charge in [0.25, 0.3) is 0 Å². The van der Waals surface area contributed by atoms with Crippen molar-refractivity contribution >= 4 is 17.7 Å². The molecule has 86 valence electrons. The van der Waals surface area contributed by atoms with Crippen molar-refractivity contribution in [2.24, 2.45) is 7.05 Å². The normalized spacial score (nSPS) is 13.0. The molecule has 0 aliphatic heterocycles. The predicted octanol–water partition coefficient (Wildman–Crippen LogP) is -0.113. The molecule has 0 saturated heterocycles. The van der Waals surface area contributed by atoms with E-state index in [1.807, 2.05) is 6.92 Å². The smallest absolute Gasteiger partial charge is 0.222 e. The fraction of sp³-hybridized carbons (Fsp3) is 0.750. The van der Waals surface area contributed by atoms with Crippen molar-refractivity contribution in [2.75, 3.05) is 24.7 Å². The zero-order chi connectivity index (χ0) is 11.3. The second kappa shape index (κ2) is 5.94. The summed E-state index contributed by atoms with van der Waals surface area (Å²) in [5.74, 6) is 0.892. The highest BCUT2D eigenvalue weighted by atomic mass is 32.2. The number of hydrogen-bond acceptors (Lipinski definition) is 6. The molecule has 0 aromatic carbocycles. The van der Waals surface area contributed by atoms with Crippen molar-refractivity contribution in [3.63, 3.8) is 0 Å². The minimum atomic E-state index is -0.493. The topological polar surface area (TPSA) is 86.2 Å². The Balaban J connectivity index is 2.33. The molecule has 7 heteroatoms. The lowest BCUT2D eigenvalue weighted by Gasteiger charge is -2.09. The molecule has 1 aromatic rings. The van der Waals surface area contributed by atoms with Crippen LogP contribution >= 0.6 is 11.8 Å². The number of nitrogens with zero attached hydrogens (tertiary/aromatic N) is 3. The van der Waals surface area contributed by atoms with Crippen LogP contribution in [-0.4, -0.2) is 44.9 Å². The summed E-state index contributed by atoms with van der Waals surface area (Å²) in [7, 11) is 1.78. The number of aromatic nitrogens is 3. The van der Waals surface area contributed by atoms with Crippen molar-refractivity contribution in [3.8, 4) is 0 Å². The third-order valence-corrected chi connectivity index (χ3v) is 2.95. The summed E-state index contributed by atoms with van der Waals surface area (Å²) in [5.41, 5.74) is 5.52. The van der Waals surface area contributed by atoms with Crippen molar-refractivity contribution < 1.29 is 9.84 Å². The Hall–Kier alpha value is -0.790. The molecule has 0 saturated carbocycles. The summed E-state index contributed by atoms with van der Waals surface area (Å²) < 4.78 is 6.77. The Morgan fingerprint density at radius 1 is 1.60 bits per heavy atom. The number of nitrogens with two attached hydrogens (primary N) is 1. The van der Waals surface area contributed by atoms with Gasteiger partial charge in [-0.25, -0.2) is 0 Å². The molecular formula is C8H16N4O2S. The lowest BCUT2D eigenvalue weighted by Crippen LogP contribution is -2.18. The van der Waals surface area contributed by atoms with Gasteiger partial charge in [0.1, 0.15) is 0 Å². The van der Waals surface area contributed by atoms with Crippen LogP contribution in [0.5, 0.6) is 0 Å². The average Bonchev–Trinajstić information content (AvgIpc) is 2.54. The van der Waals surface area contributed by atoms with Gasteiger partial charge in [-0.2, -0.15) is 0 Å². The Kier molecular flexibility index (Phi) is 4.86. The molecule has 0 amide bonds. The Bertz CT molecular complexity index is 305. The van der Waals surface area contributed by atoms with Gasteiger partial charge in [-0.15, -0.1) is 10.2 Å². The maximum absolute atomic E-state index is 9.50. The minimum Gasteiger partial charge on any atom is -0.390 e. The standard InChI is InChI=1S/C8H16N4O2S/c1-3-14-4-6(13)5-15-8-11-10-7(9)12(8)2/h6,13H,3-5H2,1-2H3,(H2,9,10). The average molecular weight is 232 g/mol. The van der Waals surface area contributed by atoms with Gasteiger partial charge in [0.15, 0.2) is 5.16 Å². The van der Waals surface area contributed by atoms with E-state index in [1.54, 1.807) is 11.6 Å². The van der Waals surface area contributed by atoms with E-state index in [-0.39, 0.29) is 0 Å². The Labute approximate surface area is 92.8 Å². The van der Waals surface area contributed by atoms with Gasteiger partial charge in [0.2, 0.25) is 5.95 Å². The number of ether oxygens (including phenoxy) is 1. The zero-order valence-electron chi connectivity index (χ0n) is 8.88. The van der Waals surface area contributed by atoms with Crippen molar-refractivity contribution in [1.29, 1.82) is 0 Å². The van der Waals surface area contributed by atoms with Gasteiger partial charge in [-0.05, 0) is 6.92 Å². The molecule has 6 nitrogen and oxygen atoms in total. The largest absolute Gasteiger partial charge is 0.390 e. The Morgan fingerprint density at radius 3 is 2.87 bits per heavy atom. The number of anilines is 1. The third-order valence-electron chi connectivity index (χ3n) is 1.79. The Morgan fingerprint density at radius 2 is 2.33 bits per heavy atom. The molecule has 1 rings (SSSR count). The van der Waals surface area contributed by atoms with Crippen LogP contribution in [-0.2, 0) is 11.8 Å². The molecule has 1 heterocycles. The molecule has 15 heavy (non-hydrogen) atoms. The van der Waals surface area contributed by atoms with Crippen LogP contribution in [0.1, 0.15) is 6.92 Å². The van der Waals surface area contributed by atoms with E-state index in [2.05, 4.69) is 10.2 Å². The lowest BCUT2D eigenvalue weighted by molar-refractivity contribution is 0.0551. The van der Waals surface area contributed by atoms with Crippen molar-refractivity contribution in [3.05, 3.63) is 0 Å². The minimum absolute atomic E-state index is 0.344. The van der Waals surface area contributed by atoms with Crippen LogP contribution in [0.3, 0.4) is 0 Å². The second-order valence-electron chi connectivity index (χ2n) is 3.02. The molecule has 0 spiro atoms. The van der Waals surface area contributed by atoms with Gasteiger partial charge in [-0.1, -0.05) is 11.8 Å². The van der Waals surface area contributed by atoms with E-state index in [9.17, 15) is 5.11 Å². The molecule has 0 aliphatic rings. The summed E-state index contributed by atoms with van der Waals surface area (Å²) in [6.07, 6.45) is -0.493. The molecule has 0 fully saturated rings. The van der Waals surface area contributed by atoms with Crippen molar-refractivity contribution in [1.82, 2.24) is 14.8 Å². The first-order valence-electron chi connectivity index (χ1n) is 4.68. The molecular weight excluding hydrogens is 216 g/mol. The summed E-state index contributed by atoms with van der Waals surface area (Å²) in [6.45, 7) is 2.85. The quantitative estimate of drug-likeness (QED) is 0.665. The van der Waals surface area contributed by atoms with E-state index in [4.69, 9.17) is 10.5 Å². The predicted molar refractivity (Wildman–Crippen MR) is 58.6 cm³/mol. The van der Waals surface area contributed by atoms with E-state index in [0.717, 1.165) is 0 Å². The van der Waals surface area contributed by atoms with Crippen LogP contribution in [0.25, 0.3) is 0 Å². The fourth-order valence-electron chi connectivity index (χ4n) is 0.925. The summed E-state index contributed by atoms with van der Waals surface area (Å²) in [6, 6.07) is 0. The van der Waals surface area contributed by atoms with Crippen LogP contribution < -0.4 is 5.73 Å². The van der Waals surface area contributed by atoms with E-state index in [0.29, 0.717) is 30.1 Å². The van der Waals surface area contributed by atoms with Gasteiger partial charge >= 0.3 is 0 Å². The second-order valence-corrected chi connectivity index (χ2v) is 4.01. The molecule has 0 aliphatic carbocycles. The van der Waals surface area contributed by atoms with Gasteiger partial charge in [0.05, 0.1) is 12.7 Å². The highest BCUT2D eigenvalue weighted by molar-refractivity contribution is 7.99. The third kappa shape index (κ3) is 3.69. The first-order valence-corrected chi connectivity index (χ1v) is 5.67. The lowest BCUT2D eigenvalue weighted by atomic mass is 10.4. The molecule has 0 radical (unpaired) electrons. The van der Waals surface area contributed by atoms with Gasteiger partial charge in [0, 0.05) is 19.4 Å². The maximum Gasteiger partial charge on any atom is 0.222 e. The summed E-state index contributed by atoms with van der Waals surface area (Å²) in [5, 5.41) is 17.8. The SMILES string of the molecule is CCOCC(O)CSc1nnc(N)n1C. The molecule has 3 N–H and O–H groups in total. The number of aliphatic hydroxyl groups excluding tert-OH is 1. The van der Waals surface area contributed by atoms with Crippen LogP contribution in [0.15, 0.2) is 5.16 Å². The first-order chi connectivity index (χ1) is 7.15. The van der Waals surface area contributed by atoms with E-state index in [1.165, 1.54) is 11.8 Å². The van der Waals surface area contributed by atoms with Crippen LogP contribution in [0.2, 0.25) is 0 Å². The molecule has 1 aromatic heterocycles. The van der Waals surface area contributed by atoms with Crippen LogP contribution in [0, 0.1) is 0 Å². The highest BCUT2D eigenvalue weighted by Crippen LogP contribution is 2.17. The summed E-state index contributed by atoms with van der Waals surface area (Å²) >= 11 is 1.41. The summed E-state index contributed by atoms with van der Waals surface area (Å²) in [4.78, 5) is 0. The number of nitrogen functional groups attached to an aromatic ring is 1. The van der Waals surface area contributed by atoms with Gasteiger partial charge in [-0.3, -0.25) is 4.57 Å². The first kappa shape index (κ1) is 12.3. The fourth-order valence-corrected chi connectivity index (χ4v) is 1.75. The molecule has 1 unspecified atom stereocenters. The van der Waals surface area contributed by atoms with E-state index >= 15 is 0 Å². The number of hydrogen-bond donors (Lipinski definition) is 2. The van der Waals surface area contributed by atoms with Crippen molar-refractivity contribution in [2.45, 2.75) is 18.2 Å². The zero-order valence-corrected chi connectivity index (χ0v) is 9.70. The number of rotatable bonds is 6. The number of aliphatic hydroxyl groups is 1. The molecule has 0 bridgehead atoms. The monoisotopic (exact) mass is 232 g/mol. The highest BCUT2D eigenvalue weighted by Gasteiger charge is 2.10. The van der Waals surface area contributed by atoms with Crippen LogP contribution in [0.4, 0.5) is 5.95 Å². The van der Waals surface area contributed by atoms with E-state index < -0.39 is 6.10 Å². The van der Waals surface area contributed by atoms with Gasteiger partial charge < -0.3 is 15.6 Å². The maximum atomic E-state index is 9.50.